The molecule has 36 heavy (non-hydrogen) atoms. The minimum Gasteiger partial charge on any atom is -0.508 e. The molecule has 3 N–H and O–H groups in total. The van der Waals surface area contributed by atoms with Crippen molar-refractivity contribution in [3.8, 4) is 5.75 Å². The molecule has 3 atom stereocenters. The highest BCUT2D eigenvalue weighted by Gasteiger charge is 2.37. The third-order valence-corrected chi connectivity index (χ3v) is 6.01. The smallest absolute Gasteiger partial charge is 0.408 e. The van der Waals surface area contributed by atoms with Gasteiger partial charge in [0, 0.05) is 13.1 Å². The third kappa shape index (κ3) is 10.5. The van der Waals surface area contributed by atoms with Crippen LogP contribution in [0.4, 0.5) is 4.79 Å². The van der Waals surface area contributed by atoms with Crippen LogP contribution >= 0.6 is 0 Å². The van der Waals surface area contributed by atoms with Gasteiger partial charge in [0.25, 0.3) is 0 Å². The zero-order valence-corrected chi connectivity index (χ0v) is 23.2. The van der Waals surface area contributed by atoms with E-state index < -0.39 is 23.8 Å². The highest BCUT2D eigenvalue weighted by molar-refractivity contribution is 5.92. The van der Waals surface area contributed by atoms with Gasteiger partial charge in [-0.25, -0.2) is 4.79 Å². The second-order valence-corrected chi connectivity index (χ2v) is 10.4. The molecule has 0 fully saturated rings. The van der Waals surface area contributed by atoms with Crippen LogP contribution in [0.5, 0.6) is 5.75 Å². The number of hydrogen-bond acceptors (Lipinski definition) is 5. The molecule has 8 heteroatoms. The number of nitrogens with one attached hydrogen (secondary N) is 2. The fourth-order valence-corrected chi connectivity index (χ4v) is 3.85. The molecule has 0 aliphatic rings. The topological polar surface area (TPSA) is 108 Å². The van der Waals surface area contributed by atoms with E-state index in [1.807, 2.05) is 20.8 Å². The average molecular weight is 506 g/mol. The van der Waals surface area contributed by atoms with Crippen LogP contribution in [0.2, 0.25) is 0 Å². The zero-order valence-electron chi connectivity index (χ0n) is 23.2. The number of phenols is 1. The first kappa shape index (κ1) is 31.3. The van der Waals surface area contributed by atoms with Crippen molar-refractivity contribution in [2.24, 2.45) is 5.92 Å². The van der Waals surface area contributed by atoms with Crippen molar-refractivity contribution >= 4 is 17.9 Å². The maximum atomic E-state index is 14.1. The molecule has 0 heterocycles. The lowest BCUT2D eigenvalue weighted by Gasteiger charge is -2.36. The standard InChI is InChI=1S/C28H47N3O5/c1-8-11-13-18-31(26(34)23(20(4)10-3)30-27(35)36-28(5,6)7)24(25(33)29-17-12-9-2)21-15-14-16-22(32)19-21/h14-16,19-20,23-24,32H,8-13,17-18H2,1-7H3,(H,29,33)(H,30,35). The Labute approximate surface area is 217 Å². The van der Waals surface area contributed by atoms with Crippen molar-refractivity contribution < 1.29 is 24.2 Å². The van der Waals surface area contributed by atoms with E-state index in [9.17, 15) is 19.5 Å². The molecule has 0 bridgehead atoms. The molecule has 0 saturated carbocycles. The van der Waals surface area contributed by atoms with Crippen molar-refractivity contribution in [3.63, 3.8) is 0 Å². The number of aromatic hydroxyl groups is 1. The summed E-state index contributed by atoms with van der Waals surface area (Å²) in [7, 11) is 0. The Hall–Kier alpha value is -2.77. The Morgan fingerprint density at radius 1 is 1.06 bits per heavy atom. The number of ether oxygens (including phenoxy) is 1. The van der Waals surface area contributed by atoms with Crippen molar-refractivity contribution in [3.05, 3.63) is 29.8 Å². The highest BCUT2D eigenvalue weighted by Crippen LogP contribution is 2.27. The summed E-state index contributed by atoms with van der Waals surface area (Å²) in [5.74, 6) is -0.818. The lowest BCUT2D eigenvalue weighted by Crippen LogP contribution is -2.55. The molecule has 8 nitrogen and oxygen atoms in total. The second-order valence-electron chi connectivity index (χ2n) is 10.4. The summed E-state index contributed by atoms with van der Waals surface area (Å²) in [5.41, 5.74) is -0.189. The summed E-state index contributed by atoms with van der Waals surface area (Å²) in [6.45, 7) is 14.1. The molecule has 1 rings (SSSR count). The summed E-state index contributed by atoms with van der Waals surface area (Å²) in [6.07, 6.45) is 4.27. The van der Waals surface area contributed by atoms with E-state index in [0.29, 0.717) is 31.5 Å². The SMILES string of the molecule is CCCCCN(C(=O)C(NC(=O)OC(C)(C)C)C(C)CC)C(C(=O)NCCCC)c1cccc(O)c1. The molecule has 1 aromatic carbocycles. The van der Waals surface area contributed by atoms with Crippen LogP contribution in [-0.2, 0) is 14.3 Å². The number of alkyl carbamates (subject to hydrolysis) is 1. The predicted molar refractivity (Wildman–Crippen MR) is 143 cm³/mol. The van der Waals surface area contributed by atoms with E-state index in [1.54, 1.807) is 37.8 Å². The number of hydrogen-bond donors (Lipinski definition) is 3. The Morgan fingerprint density at radius 3 is 2.28 bits per heavy atom. The lowest BCUT2D eigenvalue weighted by molar-refractivity contribution is -0.143. The first-order chi connectivity index (χ1) is 16.9. The molecule has 3 amide bonds. The molecule has 0 saturated heterocycles. The van der Waals surface area contributed by atoms with Crippen LogP contribution in [0.15, 0.2) is 24.3 Å². The van der Waals surface area contributed by atoms with Gasteiger partial charge in [0.2, 0.25) is 11.8 Å². The molecular formula is C28H47N3O5. The molecule has 0 aliphatic heterocycles. The Kier molecular flexibility index (Phi) is 13.3. The predicted octanol–water partition coefficient (Wildman–Crippen LogP) is 5.31. The van der Waals surface area contributed by atoms with E-state index in [1.165, 1.54) is 12.1 Å². The van der Waals surface area contributed by atoms with Gasteiger partial charge in [-0.1, -0.05) is 65.5 Å². The van der Waals surface area contributed by atoms with E-state index >= 15 is 0 Å². The number of amides is 3. The van der Waals surface area contributed by atoms with Crippen molar-refractivity contribution in [1.82, 2.24) is 15.5 Å². The van der Waals surface area contributed by atoms with E-state index in [-0.39, 0.29) is 23.5 Å². The number of carbonyl (C=O) groups is 3. The minimum atomic E-state index is -0.940. The van der Waals surface area contributed by atoms with E-state index in [0.717, 1.165) is 25.7 Å². The van der Waals surface area contributed by atoms with Crippen LogP contribution in [0.3, 0.4) is 0 Å². The first-order valence-corrected chi connectivity index (χ1v) is 13.3. The molecular weight excluding hydrogens is 458 g/mol. The largest absolute Gasteiger partial charge is 0.508 e. The van der Waals surface area contributed by atoms with Gasteiger partial charge in [0.15, 0.2) is 0 Å². The van der Waals surface area contributed by atoms with Crippen molar-refractivity contribution in [1.29, 1.82) is 0 Å². The summed E-state index contributed by atoms with van der Waals surface area (Å²) < 4.78 is 5.43. The molecule has 0 aliphatic carbocycles. The highest BCUT2D eigenvalue weighted by atomic mass is 16.6. The van der Waals surface area contributed by atoms with Gasteiger partial charge in [-0.15, -0.1) is 0 Å². The quantitative estimate of drug-likeness (QED) is 0.297. The number of rotatable bonds is 14. The van der Waals surface area contributed by atoms with Gasteiger partial charge in [0.1, 0.15) is 23.4 Å². The molecule has 0 radical (unpaired) electrons. The number of unbranched alkanes of at least 4 members (excludes halogenated alkanes) is 3. The van der Waals surface area contributed by atoms with Crippen LogP contribution in [0, 0.1) is 5.92 Å². The molecule has 204 valence electrons. The number of nitrogens with zero attached hydrogens (tertiary/aromatic N) is 1. The van der Waals surface area contributed by atoms with E-state index in [2.05, 4.69) is 17.6 Å². The second kappa shape index (κ2) is 15.4. The Morgan fingerprint density at radius 2 is 1.72 bits per heavy atom. The molecule has 3 unspecified atom stereocenters. The molecule has 0 aromatic heterocycles. The van der Waals surface area contributed by atoms with Gasteiger partial charge >= 0.3 is 6.09 Å². The van der Waals surface area contributed by atoms with Crippen LogP contribution in [0.25, 0.3) is 0 Å². The fraction of sp³-hybridized carbons (Fsp3) is 0.679. The van der Waals surface area contributed by atoms with Gasteiger partial charge in [-0.05, 0) is 57.2 Å². The third-order valence-electron chi connectivity index (χ3n) is 6.01. The maximum Gasteiger partial charge on any atom is 0.408 e. The van der Waals surface area contributed by atoms with Gasteiger partial charge in [0.05, 0.1) is 0 Å². The van der Waals surface area contributed by atoms with Crippen LogP contribution in [0.1, 0.15) is 98.6 Å². The normalized spacial score (nSPS) is 13.9. The zero-order chi connectivity index (χ0) is 27.3. The summed E-state index contributed by atoms with van der Waals surface area (Å²) in [4.78, 5) is 41.8. The van der Waals surface area contributed by atoms with Gasteiger partial charge < -0.3 is 25.4 Å². The minimum absolute atomic E-state index is 0.0187. The molecule has 0 spiro atoms. The summed E-state index contributed by atoms with van der Waals surface area (Å²) in [5, 5.41) is 15.9. The van der Waals surface area contributed by atoms with Crippen LogP contribution < -0.4 is 10.6 Å². The fourth-order valence-electron chi connectivity index (χ4n) is 3.85. The van der Waals surface area contributed by atoms with Crippen molar-refractivity contribution in [2.75, 3.05) is 13.1 Å². The van der Waals surface area contributed by atoms with E-state index in [4.69, 9.17) is 4.74 Å². The monoisotopic (exact) mass is 505 g/mol. The number of phenolic OH excluding ortho intramolecular Hbond substituents is 1. The van der Waals surface area contributed by atoms with Gasteiger partial charge in [-0.2, -0.15) is 0 Å². The molecule has 1 aromatic rings. The van der Waals surface area contributed by atoms with Crippen molar-refractivity contribution in [2.45, 2.75) is 105 Å². The average Bonchev–Trinajstić information content (AvgIpc) is 2.80. The first-order valence-electron chi connectivity index (χ1n) is 13.3. The van der Waals surface area contributed by atoms with Crippen LogP contribution in [-0.4, -0.2) is 52.6 Å². The number of benzene rings is 1. The Bertz CT molecular complexity index is 837. The lowest BCUT2D eigenvalue weighted by atomic mass is 9.95. The summed E-state index contributed by atoms with van der Waals surface area (Å²) >= 11 is 0. The number of carbonyl (C=O) groups excluding carboxylic acids is 3. The van der Waals surface area contributed by atoms with Gasteiger partial charge in [-0.3, -0.25) is 9.59 Å². The maximum absolute atomic E-state index is 14.1. The summed E-state index contributed by atoms with van der Waals surface area (Å²) in [6, 6.07) is 4.65. The Balaban J connectivity index is 3.46.